The first-order valence-corrected chi connectivity index (χ1v) is 8.43. The van der Waals surface area contributed by atoms with Crippen molar-refractivity contribution in [3.05, 3.63) is 36.3 Å². The molecule has 3 heterocycles. The topological polar surface area (TPSA) is 86.7 Å². The average Bonchev–Trinajstić information content (AvgIpc) is 3.03. The van der Waals surface area contributed by atoms with Crippen molar-refractivity contribution < 1.29 is 5.11 Å². The molecule has 2 atom stereocenters. The number of pyridine rings is 1. The Balaban J connectivity index is 1.68. The van der Waals surface area contributed by atoms with Gasteiger partial charge in [-0.3, -0.25) is 0 Å². The highest BCUT2D eigenvalue weighted by Crippen LogP contribution is 2.27. The minimum atomic E-state index is -0.311. The number of hydrogen-bond donors (Lipinski definition) is 3. The highest BCUT2D eigenvalue weighted by atomic mass is 16.3. The number of H-pyrrole nitrogens is 1. The van der Waals surface area contributed by atoms with E-state index in [0.717, 1.165) is 53.7 Å². The maximum Gasteiger partial charge on any atom is 0.163 e. The summed E-state index contributed by atoms with van der Waals surface area (Å²) in [4.78, 5) is 16.7. The van der Waals surface area contributed by atoms with Gasteiger partial charge in [0, 0.05) is 35.1 Å². The van der Waals surface area contributed by atoms with Gasteiger partial charge in [-0.05, 0) is 31.9 Å². The molecule has 24 heavy (non-hydrogen) atoms. The van der Waals surface area contributed by atoms with Crippen molar-refractivity contribution in [1.82, 2.24) is 19.9 Å². The van der Waals surface area contributed by atoms with Crippen LogP contribution in [0.1, 0.15) is 31.2 Å². The highest BCUT2D eigenvalue weighted by molar-refractivity contribution is 5.91. The van der Waals surface area contributed by atoms with Crippen LogP contribution in [0.25, 0.3) is 22.4 Å². The third-order valence-electron chi connectivity index (χ3n) is 4.72. The molecule has 4 rings (SSSR count). The van der Waals surface area contributed by atoms with Crippen molar-refractivity contribution >= 4 is 16.9 Å². The summed E-state index contributed by atoms with van der Waals surface area (Å²) in [6.45, 7) is 1.98. The molecular weight excluding hydrogens is 302 g/mol. The Hall–Kier alpha value is -2.47. The van der Waals surface area contributed by atoms with Crippen molar-refractivity contribution in [1.29, 1.82) is 0 Å². The van der Waals surface area contributed by atoms with Crippen molar-refractivity contribution in [2.24, 2.45) is 0 Å². The van der Waals surface area contributed by atoms with Crippen LogP contribution in [0.15, 0.2) is 30.7 Å². The number of nitrogens with one attached hydrogen (secondary N) is 2. The number of hydrogen-bond acceptors (Lipinski definition) is 5. The molecule has 0 radical (unpaired) electrons. The Morgan fingerprint density at radius 3 is 3.00 bits per heavy atom. The van der Waals surface area contributed by atoms with E-state index in [2.05, 4.69) is 20.3 Å². The third-order valence-corrected chi connectivity index (χ3v) is 4.72. The van der Waals surface area contributed by atoms with Gasteiger partial charge in [0.2, 0.25) is 0 Å². The molecule has 3 aromatic rings. The van der Waals surface area contributed by atoms with Crippen LogP contribution in [0.2, 0.25) is 0 Å². The van der Waals surface area contributed by atoms with Gasteiger partial charge in [-0.15, -0.1) is 0 Å². The second-order valence-electron chi connectivity index (χ2n) is 6.43. The van der Waals surface area contributed by atoms with E-state index in [9.17, 15) is 5.11 Å². The largest absolute Gasteiger partial charge is 0.391 e. The number of aliphatic hydroxyl groups is 1. The predicted octanol–water partition coefficient (Wildman–Crippen LogP) is 3.04. The Bertz CT molecular complexity index is 859. The Kier molecular flexibility index (Phi) is 3.90. The van der Waals surface area contributed by atoms with Crippen LogP contribution in [0, 0.1) is 6.92 Å². The first-order chi connectivity index (χ1) is 11.7. The van der Waals surface area contributed by atoms with Gasteiger partial charge in [-0.25, -0.2) is 15.0 Å². The maximum absolute atomic E-state index is 10.2. The van der Waals surface area contributed by atoms with E-state index < -0.39 is 0 Å². The van der Waals surface area contributed by atoms with Crippen LogP contribution in [0.3, 0.4) is 0 Å². The zero-order chi connectivity index (χ0) is 16.5. The minimum Gasteiger partial charge on any atom is -0.391 e. The normalized spacial score (nSPS) is 21.1. The lowest BCUT2D eigenvalue weighted by Gasteiger charge is -2.29. The van der Waals surface area contributed by atoms with Crippen molar-refractivity contribution in [3.63, 3.8) is 0 Å². The number of aliphatic hydroxyl groups excluding tert-OH is 1. The average molecular weight is 323 g/mol. The van der Waals surface area contributed by atoms with Crippen LogP contribution in [-0.2, 0) is 0 Å². The summed E-state index contributed by atoms with van der Waals surface area (Å²) in [5.74, 6) is 1.46. The van der Waals surface area contributed by atoms with Crippen LogP contribution < -0.4 is 5.32 Å². The van der Waals surface area contributed by atoms with Crippen molar-refractivity contribution in [2.45, 2.75) is 44.8 Å². The first-order valence-electron chi connectivity index (χ1n) is 8.43. The lowest BCUT2D eigenvalue weighted by Crippen LogP contribution is -2.36. The van der Waals surface area contributed by atoms with Gasteiger partial charge < -0.3 is 15.4 Å². The number of fused-ring (bicyclic) bond motifs is 1. The third kappa shape index (κ3) is 2.73. The highest BCUT2D eigenvalue weighted by Gasteiger charge is 2.24. The number of nitrogens with zero attached hydrogens (tertiary/aromatic N) is 3. The molecule has 0 aromatic carbocycles. The van der Waals surface area contributed by atoms with E-state index >= 15 is 0 Å². The minimum absolute atomic E-state index is 0.0600. The summed E-state index contributed by atoms with van der Waals surface area (Å²) in [6.07, 6.45) is 9.22. The summed E-state index contributed by atoms with van der Waals surface area (Å²) in [5.41, 5.74) is 2.74. The molecule has 1 aliphatic carbocycles. The number of aryl methyl sites for hydroxylation is 1. The fourth-order valence-corrected chi connectivity index (χ4v) is 3.31. The molecule has 0 saturated heterocycles. The number of aromatic nitrogens is 4. The van der Waals surface area contributed by atoms with E-state index in [1.807, 2.05) is 31.5 Å². The zero-order valence-corrected chi connectivity index (χ0v) is 13.7. The van der Waals surface area contributed by atoms with Crippen LogP contribution in [0.4, 0.5) is 5.82 Å². The number of anilines is 1. The number of aromatic amines is 1. The predicted molar refractivity (Wildman–Crippen MR) is 93.7 cm³/mol. The Morgan fingerprint density at radius 1 is 1.25 bits per heavy atom. The molecule has 1 aliphatic rings. The Morgan fingerprint density at radius 2 is 2.12 bits per heavy atom. The van der Waals surface area contributed by atoms with Gasteiger partial charge in [0.05, 0.1) is 12.1 Å². The molecule has 0 amide bonds. The van der Waals surface area contributed by atoms with Gasteiger partial charge >= 0.3 is 0 Å². The quantitative estimate of drug-likeness (QED) is 0.689. The second kappa shape index (κ2) is 6.20. The smallest absolute Gasteiger partial charge is 0.163 e. The molecule has 3 aromatic heterocycles. The molecule has 0 spiro atoms. The van der Waals surface area contributed by atoms with Crippen LogP contribution in [-0.4, -0.2) is 37.2 Å². The lowest BCUT2D eigenvalue weighted by atomic mass is 9.92. The standard InChI is InChI=1S/C18H21N5O/c1-11-9-20-18(13-10-21-17-12(13)5-4-8-19-17)23-16(11)22-14-6-2-3-7-15(14)24/h4-5,8-10,14-15,24H,2-3,6-7H2,1H3,(H,19,21)(H,20,22,23)/t14-,15-/m0/s1. The van der Waals surface area contributed by atoms with Crippen LogP contribution in [0.5, 0.6) is 0 Å². The molecular formula is C18H21N5O. The zero-order valence-electron chi connectivity index (χ0n) is 13.7. The first kappa shape index (κ1) is 15.1. The summed E-state index contributed by atoms with van der Waals surface area (Å²) >= 11 is 0. The summed E-state index contributed by atoms with van der Waals surface area (Å²) in [7, 11) is 0. The summed E-state index contributed by atoms with van der Waals surface area (Å²) in [5, 5.41) is 14.6. The van der Waals surface area contributed by atoms with E-state index in [4.69, 9.17) is 4.98 Å². The molecule has 1 saturated carbocycles. The second-order valence-corrected chi connectivity index (χ2v) is 6.43. The van der Waals surface area contributed by atoms with E-state index in [-0.39, 0.29) is 12.1 Å². The van der Waals surface area contributed by atoms with Gasteiger partial charge in [0.15, 0.2) is 5.82 Å². The summed E-state index contributed by atoms with van der Waals surface area (Å²) < 4.78 is 0. The van der Waals surface area contributed by atoms with Crippen molar-refractivity contribution in [2.75, 3.05) is 5.32 Å². The fourth-order valence-electron chi connectivity index (χ4n) is 3.31. The molecule has 0 bridgehead atoms. The Labute approximate surface area is 140 Å². The lowest BCUT2D eigenvalue weighted by molar-refractivity contribution is 0.116. The van der Waals surface area contributed by atoms with Crippen molar-refractivity contribution in [3.8, 4) is 11.4 Å². The van der Waals surface area contributed by atoms with Gasteiger partial charge in [-0.1, -0.05) is 12.8 Å². The molecule has 3 N–H and O–H groups in total. The monoisotopic (exact) mass is 323 g/mol. The van der Waals surface area contributed by atoms with Crippen LogP contribution >= 0.6 is 0 Å². The molecule has 1 fully saturated rings. The molecule has 0 unspecified atom stereocenters. The number of rotatable bonds is 3. The summed E-state index contributed by atoms with van der Waals surface area (Å²) in [6, 6.07) is 3.98. The maximum atomic E-state index is 10.2. The molecule has 124 valence electrons. The van der Waals surface area contributed by atoms with E-state index in [0.29, 0.717) is 5.82 Å². The van der Waals surface area contributed by atoms with Gasteiger partial charge in [-0.2, -0.15) is 0 Å². The van der Waals surface area contributed by atoms with E-state index in [1.54, 1.807) is 6.20 Å². The SMILES string of the molecule is Cc1cnc(-c2c[nH]c3ncccc23)nc1N[C@H]1CCCC[C@@H]1O. The molecule has 6 heteroatoms. The van der Waals surface area contributed by atoms with Gasteiger partial charge in [0.25, 0.3) is 0 Å². The van der Waals surface area contributed by atoms with E-state index in [1.165, 1.54) is 0 Å². The molecule has 0 aliphatic heterocycles. The molecule has 6 nitrogen and oxygen atoms in total. The van der Waals surface area contributed by atoms with Gasteiger partial charge in [0.1, 0.15) is 11.5 Å². The fraction of sp³-hybridized carbons (Fsp3) is 0.389.